The number of nitrogens with zero attached hydrogens (tertiary/aromatic N) is 4. The quantitative estimate of drug-likeness (QED) is 0.884. The van der Waals surface area contributed by atoms with Gasteiger partial charge >= 0.3 is 0 Å². The Morgan fingerprint density at radius 1 is 1.39 bits per heavy atom. The second-order valence-electron chi connectivity index (χ2n) is 4.82. The molecule has 18 heavy (non-hydrogen) atoms. The van der Waals surface area contributed by atoms with Gasteiger partial charge in [0.25, 0.3) is 0 Å². The molecule has 2 unspecified atom stereocenters. The predicted octanol–water partition coefficient (Wildman–Crippen LogP) is 1.97. The molecule has 2 heterocycles. The molecule has 0 saturated heterocycles. The van der Waals surface area contributed by atoms with E-state index in [-0.39, 0.29) is 6.04 Å². The summed E-state index contributed by atoms with van der Waals surface area (Å²) in [6, 6.07) is -0.136. The maximum Gasteiger partial charge on any atom is 0.163 e. The van der Waals surface area contributed by atoms with Crippen molar-refractivity contribution in [2.24, 2.45) is 7.05 Å². The van der Waals surface area contributed by atoms with Gasteiger partial charge in [-0.2, -0.15) is 5.10 Å². The van der Waals surface area contributed by atoms with Crippen LogP contribution >= 0.6 is 0 Å². The standard InChI is InChI=1S/C12H16FN5/c1-7-15-11(17-10-5-3-4-9(10)13)8-6-14-18(2)12(8)16-7/h6,9-10H,3-5H2,1-2H3,(H,15,16,17). The average molecular weight is 249 g/mol. The Labute approximate surface area is 104 Å². The van der Waals surface area contributed by atoms with Crippen LogP contribution in [0.5, 0.6) is 0 Å². The minimum atomic E-state index is -0.785. The molecule has 0 spiro atoms. The van der Waals surface area contributed by atoms with Gasteiger partial charge in [-0.05, 0) is 26.2 Å². The lowest BCUT2D eigenvalue weighted by molar-refractivity contribution is 0.323. The SMILES string of the molecule is Cc1nc(NC2CCCC2F)c2cnn(C)c2n1. The molecule has 2 aromatic rings. The molecule has 0 amide bonds. The molecule has 1 aliphatic carbocycles. The van der Waals surface area contributed by atoms with Crippen LogP contribution in [0.25, 0.3) is 11.0 Å². The van der Waals surface area contributed by atoms with E-state index in [1.807, 2.05) is 14.0 Å². The van der Waals surface area contributed by atoms with Gasteiger partial charge in [0.05, 0.1) is 17.6 Å². The predicted molar refractivity (Wildman–Crippen MR) is 67.2 cm³/mol. The first-order valence-corrected chi connectivity index (χ1v) is 6.22. The summed E-state index contributed by atoms with van der Waals surface area (Å²) >= 11 is 0. The Balaban J connectivity index is 2.00. The summed E-state index contributed by atoms with van der Waals surface area (Å²) in [7, 11) is 1.84. The average Bonchev–Trinajstić information content (AvgIpc) is 2.88. The minimum Gasteiger partial charge on any atom is -0.364 e. The van der Waals surface area contributed by atoms with E-state index in [9.17, 15) is 4.39 Å². The largest absolute Gasteiger partial charge is 0.364 e. The van der Waals surface area contributed by atoms with Gasteiger partial charge in [-0.1, -0.05) is 0 Å². The number of hydrogen-bond acceptors (Lipinski definition) is 4. The molecule has 1 fully saturated rings. The molecule has 96 valence electrons. The molecule has 1 aliphatic rings. The van der Waals surface area contributed by atoms with Crippen molar-refractivity contribution in [2.45, 2.75) is 38.4 Å². The van der Waals surface area contributed by atoms with Crippen molar-refractivity contribution >= 4 is 16.9 Å². The van der Waals surface area contributed by atoms with Crippen LogP contribution in [0.4, 0.5) is 10.2 Å². The number of aryl methyl sites for hydroxylation is 2. The maximum absolute atomic E-state index is 13.7. The van der Waals surface area contributed by atoms with Crippen LogP contribution in [0.15, 0.2) is 6.20 Å². The molecule has 0 bridgehead atoms. The zero-order chi connectivity index (χ0) is 12.7. The lowest BCUT2D eigenvalue weighted by Crippen LogP contribution is -2.25. The highest BCUT2D eigenvalue weighted by molar-refractivity contribution is 5.86. The van der Waals surface area contributed by atoms with Gasteiger partial charge in [-0.3, -0.25) is 4.68 Å². The van der Waals surface area contributed by atoms with E-state index in [1.165, 1.54) is 0 Å². The third-order valence-electron chi connectivity index (χ3n) is 3.46. The molecule has 2 aromatic heterocycles. The molecular formula is C12H16FN5. The first kappa shape index (κ1) is 11.4. The van der Waals surface area contributed by atoms with Crippen LogP contribution in [0, 0.1) is 6.92 Å². The van der Waals surface area contributed by atoms with Crippen LogP contribution in [0.3, 0.4) is 0 Å². The second kappa shape index (κ2) is 4.19. The van der Waals surface area contributed by atoms with Crippen LogP contribution in [0.2, 0.25) is 0 Å². The number of aromatic nitrogens is 4. The molecule has 2 atom stereocenters. The van der Waals surface area contributed by atoms with Crippen LogP contribution in [-0.2, 0) is 7.05 Å². The monoisotopic (exact) mass is 249 g/mol. The molecule has 3 rings (SSSR count). The van der Waals surface area contributed by atoms with Crippen molar-refractivity contribution in [1.29, 1.82) is 0 Å². The number of hydrogen-bond donors (Lipinski definition) is 1. The zero-order valence-electron chi connectivity index (χ0n) is 10.5. The van der Waals surface area contributed by atoms with Gasteiger partial charge in [0.1, 0.15) is 17.8 Å². The van der Waals surface area contributed by atoms with E-state index >= 15 is 0 Å². The van der Waals surface area contributed by atoms with E-state index in [0.29, 0.717) is 18.1 Å². The molecule has 1 N–H and O–H groups in total. The number of anilines is 1. The fraction of sp³-hybridized carbons (Fsp3) is 0.583. The van der Waals surface area contributed by atoms with Gasteiger partial charge in [-0.25, -0.2) is 14.4 Å². The summed E-state index contributed by atoms with van der Waals surface area (Å²) < 4.78 is 15.4. The Kier molecular flexibility index (Phi) is 2.65. The summed E-state index contributed by atoms with van der Waals surface area (Å²) in [6.45, 7) is 1.83. The summed E-state index contributed by atoms with van der Waals surface area (Å²) in [5.74, 6) is 1.36. The number of fused-ring (bicyclic) bond motifs is 1. The molecule has 1 saturated carbocycles. The van der Waals surface area contributed by atoms with Crippen molar-refractivity contribution in [1.82, 2.24) is 19.7 Å². The zero-order valence-corrected chi connectivity index (χ0v) is 10.5. The van der Waals surface area contributed by atoms with E-state index in [0.717, 1.165) is 23.9 Å². The van der Waals surface area contributed by atoms with Crippen molar-refractivity contribution in [3.8, 4) is 0 Å². The smallest absolute Gasteiger partial charge is 0.163 e. The van der Waals surface area contributed by atoms with Crippen molar-refractivity contribution in [3.05, 3.63) is 12.0 Å². The highest BCUT2D eigenvalue weighted by Crippen LogP contribution is 2.27. The highest BCUT2D eigenvalue weighted by atomic mass is 19.1. The van der Waals surface area contributed by atoms with E-state index in [1.54, 1.807) is 10.9 Å². The highest BCUT2D eigenvalue weighted by Gasteiger charge is 2.27. The molecule has 0 aliphatic heterocycles. The Bertz CT molecular complexity index is 579. The summed E-state index contributed by atoms with van der Waals surface area (Å²) in [6.07, 6.45) is 3.36. The van der Waals surface area contributed by atoms with Crippen LogP contribution in [-0.4, -0.2) is 32.0 Å². The van der Waals surface area contributed by atoms with E-state index in [2.05, 4.69) is 20.4 Å². The maximum atomic E-state index is 13.7. The fourth-order valence-corrected chi connectivity index (χ4v) is 2.49. The first-order chi connectivity index (χ1) is 8.65. The number of halogens is 1. The summed E-state index contributed by atoms with van der Waals surface area (Å²) in [5, 5.41) is 8.23. The van der Waals surface area contributed by atoms with Crippen molar-refractivity contribution in [3.63, 3.8) is 0 Å². The van der Waals surface area contributed by atoms with E-state index in [4.69, 9.17) is 0 Å². The van der Waals surface area contributed by atoms with Gasteiger partial charge in [0.15, 0.2) is 5.65 Å². The Hall–Kier alpha value is -1.72. The number of alkyl halides is 1. The molecule has 5 nitrogen and oxygen atoms in total. The first-order valence-electron chi connectivity index (χ1n) is 6.22. The molecule has 0 aromatic carbocycles. The minimum absolute atomic E-state index is 0.136. The fourth-order valence-electron chi connectivity index (χ4n) is 2.49. The number of nitrogens with one attached hydrogen (secondary N) is 1. The Morgan fingerprint density at radius 2 is 2.22 bits per heavy atom. The number of rotatable bonds is 2. The summed E-state index contributed by atoms with van der Waals surface area (Å²) in [5.41, 5.74) is 0.776. The second-order valence-corrected chi connectivity index (χ2v) is 4.82. The molecule has 6 heteroatoms. The third kappa shape index (κ3) is 1.81. The van der Waals surface area contributed by atoms with Gasteiger partial charge in [0.2, 0.25) is 0 Å². The Morgan fingerprint density at radius 3 is 2.94 bits per heavy atom. The molecule has 0 radical (unpaired) electrons. The van der Waals surface area contributed by atoms with Crippen molar-refractivity contribution in [2.75, 3.05) is 5.32 Å². The van der Waals surface area contributed by atoms with Gasteiger partial charge in [-0.15, -0.1) is 0 Å². The van der Waals surface area contributed by atoms with Crippen LogP contribution < -0.4 is 5.32 Å². The lowest BCUT2D eigenvalue weighted by Gasteiger charge is -2.16. The topological polar surface area (TPSA) is 55.6 Å². The normalized spacial score (nSPS) is 23.7. The van der Waals surface area contributed by atoms with Crippen molar-refractivity contribution < 1.29 is 4.39 Å². The van der Waals surface area contributed by atoms with E-state index < -0.39 is 6.17 Å². The van der Waals surface area contributed by atoms with Crippen LogP contribution in [0.1, 0.15) is 25.1 Å². The van der Waals surface area contributed by atoms with Gasteiger partial charge < -0.3 is 5.32 Å². The van der Waals surface area contributed by atoms with Gasteiger partial charge in [0, 0.05) is 7.05 Å². The third-order valence-corrected chi connectivity index (χ3v) is 3.46. The lowest BCUT2D eigenvalue weighted by atomic mass is 10.2. The molecular weight excluding hydrogens is 233 g/mol. The summed E-state index contributed by atoms with van der Waals surface area (Å²) in [4.78, 5) is 8.72.